The molecule has 0 atom stereocenters. The summed E-state index contributed by atoms with van der Waals surface area (Å²) < 4.78 is 0. The Bertz CT molecular complexity index is 741. The molecular formula is C25H32N2O2. The molecule has 0 bridgehead atoms. The van der Waals surface area contributed by atoms with Crippen molar-refractivity contribution < 1.29 is 9.59 Å². The van der Waals surface area contributed by atoms with Crippen molar-refractivity contribution in [3.8, 4) is 0 Å². The topological polar surface area (TPSA) is 49.4 Å². The number of amides is 2. The maximum atomic E-state index is 13.1. The molecule has 0 aromatic heterocycles. The SMILES string of the molecule is CC(C)CNC(=O)C1CCN(C(=O)CC(c2ccccc2)c2ccccc2)CC1. The molecule has 1 fully saturated rings. The first-order valence-corrected chi connectivity index (χ1v) is 10.7. The maximum Gasteiger partial charge on any atom is 0.223 e. The molecule has 4 heteroatoms. The average molecular weight is 393 g/mol. The van der Waals surface area contributed by atoms with Crippen molar-refractivity contribution in [2.75, 3.05) is 19.6 Å². The first kappa shape index (κ1) is 21.1. The fourth-order valence-electron chi connectivity index (χ4n) is 3.94. The second-order valence-corrected chi connectivity index (χ2v) is 8.37. The van der Waals surface area contributed by atoms with E-state index in [0.29, 0.717) is 32.0 Å². The van der Waals surface area contributed by atoms with Crippen LogP contribution in [0.25, 0.3) is 0 Å². The van der Waals surface area contributed by atoms with E-state index in [1.54, 1.807) is 0 Å². The van der Waals surface area contributed by atoms with Crippen molar-refractivity contribution in [2.45, 2.75) is 39.0 Å². The van der Waals surface area contributed by atoms with Crippen LogP contribution < -0.4 is 5.32 Å². The van der Waals surface area contributed by atoms with Crippen LogP contribution in [0.3, 0.4) is 0 Å². The number of rotatable bonds is 7. The van der Waals surface area contributed by atoms with Gasteiger partial charge in [0.25, 0.3) is 0 Å². The normalized spacial score (nSPS) is 15.0. The van der Waals surface area contributed by atoms with Gasteiger partial charge in [-0.25, -0.2) is 0 Å². The summed E-state index contributed by atoms with van der Waals surface area (Å²) in [6.45, 7) is 6.23. The zero-order valence-corrected chi connectivity index (χ0v) is 17.5. The lowest BCUT2D eigenvalue weighted by molar-refractivity contribution is -0.135. The van der Waals surface area contributed by atoms with E-state index in [2.05, 4.69) is 43.4 Å². The minimum absolute atomic E-state index is 0.0249. The third-order valence-corrected chi connectivity index (χ3v) is 5.69. The maximum absolute atomic E-state index is 13.1. The molecule has 1 N–H and O–H groups in total. The fourth-order valence-corrected chi connectivity index (χ4v) is 3.94. The Balaban J connectivity index is 1.60. The summed E-state index contributed by atoms with van der Waals surface area (Å²) in [4.78, 5) is 27.3. The quantitative estimate of drug-likeness (QED) is 0.767. The predicted octanol–water partition coefficient (Wildman–Crippen LogP) is 4.22. The van der Waals surface area contributed by atoms with Crippen LogP contribution in [0.1, 0.15) is 50.2 Å². The third-order valence-electron chi connectivity index (χ3n) is 5.69. The van der Waals surface area contributed by atoms with Gasteiger partial charge in [-0.2, -0.15) is 0 Å². The Hall–Kier alpha value is -2.62. The van der Waals surface area contributed by atoms with Gasteiger partial charge in [-0.15, -0.1) is 0 Å². The zero-order chi connectivity index (χ0) is 20.6. The predicted molar refractivity (Wildman–Crippen MR) is 116 cm³/mol. The lowest BCUT2D eigenvalue weighted by Crippen LogP contribution is -2.43. The van der Waals surface area contributed by atoms with Gasteiger partial charge in [0.2, 0.25) is 11.8 Å². The van der Waals surface area contributed by atoms with Crippen molar-refractivity contribution in [3.63, 3.8) is 0 Å². The molecular weight excluding hydrogens is 360 g/mol. The minimum Gasteiger partial charge on any atom is -0.356 e. The van der Waals surface area contributed by atoms with E-state index in [1.165, 1.54) is 0 Å². The molecule has 1 saturated heterocycles. The van der Waals surface area contributed by atoms with Gasteiger partial charge in [0, 0.05) is 37.9 Å². The number of likely N-dealkylation sites (tertiary alicyclic amines) is 1. The molecule has 0 aliphatic carbocycles. The Labute approximate surface area is 174 Å². The van der Waals surface area contributed by atoms with Gasteiger partial charge in [-0.05, 0) is 29.9 Å². The van der Waals surface area contributed by atoms with E-state index in [0.717, 1.165) is 24.0 Å². The molecule has 2 aromatic carbocycles. The van der Waals surface area contributed by atoms with E-state index in [4.69, 9.17) is 0 Å². The zero-order valence-electron chi connectivity index (χ0n) is 17.5. The first-order chi connectivity index (χ1) is 14.0. The van der Waals surface area contributed by atoms with Crippen molar-refractivity contribution >= 4 is 11.8 Å². The van der Waals surface area contributed by atoms with Gasteiger partial charge in [-0.1, -0.05) is 74.5 Å². The number of nitrogens with one attached hydrogen (secondary N) is 1. The highest BCUT2D eigenvalue weighted by Crippen LogP contribution is 2.29. The van der Waals surface area contributed by atoms with Crippen molar-refractivity contribution in [2.24, 2.45) is 11.8 Å². The number of piperidine rings is 1. The van der Waals surface area contributed by atoms with Gasteiger partial charge in [0.05, 0.1) is 0 Å². The third kappa shape index (κ3) is 5.93. The van der Waals surface area contributed by atoms with Gasteiger partial charge < -0.3 is 10.2 Å². The number of hydrogen-bond acceptors (Lipinski definition) is 2. The largest absolute Gasteiger partial charge is 0.356 e. The number of hydrogen-bond donors (Lipinski definition) is 1. The van der Waals surface area contributed by atoms with Crippen LogP contribution in [0.2, 0.25) is 0 Å². The molecule has 0 radical (unpaired) electrons. The molecule has 4 nitrogen and oxygen atoms in total. The highest BCUT2D eigenvalue weighted by atomic mass is 16.2. The minimum atomic E-state index is 0.0249. The molecule has 0 unspecified atom stereocenters. The van der Waals surface area contributed by atoms with Gasteiger partial charge >= 0.3 is 0 Å². The molecule has 0 spiro atoms. The molecule has 3 rings (SSSR count). The molecule has 2 aromatic rings. The summed E-state index contributed by atoms with van der Waals surface area (Å²) in [6, 6.07) is 20.5. The number of carbonyl (C=O) groups excluding carboxylic acids is 2. The monoisotopic (exact) mass is 392 g/mol. The highest BCUT2D eigenvalue weighted by Gasteiger charge is 2.29. The van der Waals surface area contributed by atoms with Crippen LogP contribution in [-0.2, 0) is 9.59 Å². The number of carbonyl (C=O) groups is 2. The smallest absolute Gasteiger partial charge is 0.223 e. The summed E-state index contributed by atoms with van der Waals surface area (Å²) >= 11 is 0. The number of benzene rings is 2. The summed E-state index contributed by atoms with van der Waals surface area (Å²) in [5.74, 6) is 0.836. The van der Waals surface area contributed by atoms with Crippen LogP contribution in [0.5, 0.6) is 0 Å². The van der Waals surface area contributed by atoms with E-state index in [1.807, 2.05) is 41.3 Å². The second kappa shape index (κ2) is 10.2. The van der Waals surface area contributed by atoms with Crippen LogP contribution in [0, 0.1) is 11.8 Å². The van der Waals surface area contributed by atoms with Crippen molar-refractivity contribution in [1.29, 1.82) is 0 Å². The average Bonchev–Trinajstić information content (AvgIpc) is 2.77. The molecule has 2 amide bonds. The van der Waals surface area contributed by atoms with Crippen LogP contribution in [-0.4, -0.2) is 36.3 Å². The van der Waals surface area contributed by atoms with Crippen molar-refractivity contribution in [1.82, 2.24) is 10.2 Å². The fraction of sp³-hybridized carbons (Fsp3) is 0.440. The van der Waals surface area contributed by atoms with Gasteiger partial charge in [0.1, 0.15) is 0 Å². The second-order valence-electron chi connectivity index (χ2n) is 8.37. The van der Waals surface area contributed by atoms with Gasteiger partial charge in [0.15, 0.2) is 0 Å². The Morgan fingerprint density at radius 1 is 0.931 bits per heavy atom. The standard InChI is InChI=1S/C25H32N2O2/c1-19(2)18-26-25(29)22-13-15-27(16-14-22)24(28)17-23(20-9-5-3-6-10-20)21-11-7-4-8-12-21/h3-12,19,22-23H,13-18H2,1-2H3,(H,26,29). The van der Waals surface area contributed by atoms with E-state index in [-0.39, 0.29) is 23.7 Å². The summed E-state index contributed by atoms with van der Waals surface area (Å²) in [6.07, 6.45) is 1.95. The molecule has 1 heterocycles. The molecule has 29 heavy (non-hydrogen) atoms. The first-order valence-electron chi connectivity index (χ1n) is 10.7. The van der Waals surface area contributed by atoms with Crippen molar-refractivity contribution in [3.05, 3.63) is 71.8 Å². The lowest BCUT2D eigenvalue weighted by Gasteiger charge is -2.32. The summed E-state index contributed by atoms with van der Waals surface area (Å²) in [7, 11) is 0. The van der Waals surface area contributed by atoms with Crippen LogP contribution in [0.15, 0.2) is 60.7 Å². The molecule has 0 saturated carbocycles. The van der Waals surface area contributed by atoms with Crippen LogP contribution in [0.4, 0.5) is 0 Å². The van der Waals surface area contributed by atoms with E-state index < -0.39 is 0 Å². The molecule has 1 aliphatic heterocycles. The highest BCUT2D eigenvalue weighted by molar-refractivity contribution is 5.80. The Kier molecular flexibility index (Phi) is 7.45. The summed E-state index contributed by atoms with van der Waals surface area (Å²) in [5.41, 5.74) is 2.32. The molecule has 154 valence electrons. The summed E-state index contributed by atoms with van der Waals surface area (Å²) in [5, 5.41) is 3.03. The molecule has 1 aliphatic rings. The lowest BCUT2D eigenvalue weighted by atomic mass is 9.87. The van der Waals surface area contributed by atoms with Gasteiger partial charge in [-0.3, -0.25) is 9.59 Å². The van der Waals surface area contributed by atoms with Crippen LogP contribution >= 0.6 is 0 Å². The van der Waals surface area contributed by atoms with E-state index in [9.17, 15) is 9.59 Å². The van der Waals surface area contributed by atoms with E-state index >= 15 is 0 Å². The number of nitrogens with zero attached hydrogens (tertiary/aromatic N) is 1. The Morgan fingerprint density at radius 2 is 1.45 bits per heavy atom. The Morgan fingerprint density at radius 3 is 1.93 bits per heavy atom.